The predicted octanol–water partition coefficient (Wildman–Crippen LogP) is -2.99. The summed E-state index contributed by atoms with van der Waals surface area (Å²) in [5.41, 5.74) is 0. The number of carboxylic acid groups (broad SMARTS) is 2. The molecule has 0 bridgehead atoms. The molecule has 0 aliphatic heterocycles. The molecule has 0 spiro atoms. The van der Waals surface area contributed by atoms with E-state index in [2.05, 4.69) is 0 Å². The topological polar surface area (TPSA) is 135 Å². The number of hydrogen-bond donors (Lipinski definition) is 1. The Morgan fingerprint density at radius 3 is 1.07 bits per heavy atom. The van der Waals surface area contributed by atoms with Crippen LogP contribution in [0.1, 0.15) is 13.8 Å². The molecule has 0 fully saturated rings. The summed E-state index contributed by atoms with van der Waals surface area (Å²) in [5.74, 6) is -2.17. The Morgan fingerprint density at radius 2 is 1.07 bits per heavy atom. The minimum absolute atomic E-state index is 0. The van der Waals surface area contributed by atoms with E-state index >= 15 is 0 Å². The molecule has 0 saturated heterocycles. The number of carbonyl (C=O) groups is 2. The average molecular weight is 280 g/mol. The SMILES string of the molecule is CC(=O)[O-].CC(=O)[O-].CS(=O)(=O)O.[Zn+2]. The zero-order chi connectivity index (χ0) is 11.7. The Kier molecular flexibility index (Phi) is 20.8. The molecule has 0 aromatic rings. The molecule has 0 rings (SSSR count). The Bertz CT molecular complexity index is 217. The van der Waals surface area contributed by atoms with Crippen molar-refractivity contribution in [2.24, 2.45) is 0 Å². The summed E-state index contributed by atoms with van der Waals surface area (Å²) in [7, 11) is -3.67. The van der Waals surface area contributed by atoms with Gasteiger partial charge in [-0.05, 0) is 13.8 Å². The standard InChI is InChI=1S/2C2H4O2.CH4O3S.Zn/c2*1-2(3)4;1-5(2,3)4;/h2*1H3,(H,3,4);1H3,(H,2,3,4);/q;;;+2/p-2. The molecule has 0 aromatic heterocycles. The van der Waals surface area contributed by atoms with Crippen molar-refractivity contribution >= 4 is 22.1 Å². The van der Waals surface area contributed by atoms with Crippen LogP contribution in [0.3, 0.4) is 0 Å². The smallest absolute Gasteiger partial charge is 0.550 e. The van der Waals surface area contributed by atoms with E-state index in [9.17, 15) is 8.42 Å². The van der Waals surface area contributed by atoms with Gasteiger partial charge in [-0.2, -0.15) is 8.42 Å². The molecule has 0 aliphatic carbocycles. The Morgan fingerprint density at radius 1 is 1.07 bits per heavy atom. The zero-order valence-corrected chi connectivity index (χ0v) is 11.8. The van der Waals surface area contributed by atoms with Gasteiger partial charge in [-0.15, -0.1) is 0 Å². The first-order valence-corrected chi connectivity index (χ1v) is 4.59. The zero-order valence-electron chi connectivity index (χ0n) is 8.01. The van der Waals surface area contributed by atoms with Gasteiger partial charge in [0.1, 0.15) is 0 Å². The van der Waals surface area contributed by atoms with Crippen LogP contribution in [0.2, 0.25) is 0 Å². The fourth-order valence-corrected chi connectivity index (χ4v) is 0. The third-order valence-electron chi connectivity index (χ3n) is 0. The molecule has 80 valence electrons. The summed E-state index contributed by atoms with van der Waals surface area (Å²) < 4.78 is 25.9. The van der Waals surface area contributed by atoms with E-state index in [1.54, 1.807) is 0 Å². The second-order valence-electron chi connectivity index (χ2n) is 1.72. The molecule has 0 unspecified atom stereocenters. The number of aliphatic carboxylic acids is 2. The fourth-order valence-electron chi connectivity index (χ4n) is 0. The molecule has 0 radical (unpaired) electrons. The van der Waals surface area contributed by atoms with Crippen molar-refractivity contribution in [1.82, 2.24) is 0 Å². The van der Waals surface area contributed by atoms with E-state index in [-0.39, 0.29) is 19.5 Å². The molecule has 0 heterocycles. The van der Waals surface area contributed by atoms with Gasteiger partial charge in [0.05, 0.1) is 6.26 Å². The number of carboxylic acids is 2. The van der Waals surface area contributed by atoms with Crippen LogP contribution in [0, 0.1) is 0 Å². The van der Waals surface area contributed by atoms with Crippen molar-refractivity contribution in [1.29, 1.82) is 0 Å². The molecule has 0 aromatic carbocycles. The predicted molar refractivity (Wildman–Crippen MR) is 38.8 cm³/mol. The van der Waals surface area contributed by atoms with Gasteiger partial charge >= 0.3 is 19.5 Å². The minimum Gasteiger partial charge on any atom is -0.550 e. The van der Waals surface area contributed by atoms with Crippen LogP contribution in [-0.2, 0) is 39.2 Å². The van der Waals surface area contributed by atoms with Crippen molar-refractivity contribution in [3.63, 3.8) is 0 Å². The van der Waals surface area contributed by atoms with E-state index in [1.807, 2.05) is 0 Å². The van der Waals surface area contributed by atoms with E-state index in [0.717, 1.165) is 13.8 Å². The third-order valence-corrected chi connectivity index (χ3v) is 0. The van der Waals surface area contributed by atoms with Gasteiger partial charge in [-0.1, -0.05) is 0 Å². The quantitative estimate of drug-likeness (QED) is 0.369. The number of carbonyl (C=O) groups excluding carboxylic acids is 2. The summed E-state index contributed by atoms with van der Waals surface area (Å²) in [4.78, 5) is 17.8. The maximum absolute atomic E-state index is 9.19. The van der Waals surface area contributed by atoms with Crippen molar-refractivity contribution in [2.75, 3.05) is 6.26 Å². The van der Waals surface area contributed by atoms with E-state index in [1.165, 1.54) is 0 Å². The maximum atomic E-state index is 9.19. The van der Waals surface area contributed by atoms with Crippen LogP contribution in [-0.4, -0.2) is 31.2 Å². The van der Waals surface area contributed by atoms with Crippen LogP contribution in [0.25, 0.3) is 0 Å². The van der Waals surface area contributed by atoms with Gasteiger partial charge < -0.3 is 19.8 Å². The summed E-state index contributed by atoms with van der Waals surface area (Å²) in [6.07, 6.45) is 0.715. The number of rotatable bonds is 0. The molecular weight excluding hydrogens is 270 g/mol. The number of hydrogen-bond acceptors (Lipinski definition) is 6. The Labute approximate surface area is 94.6 Å². The van der Waals surface area contributed by atoms with Gasteiger partial charge in [0.15, 0.2) is 0 Å². The first-order valence-electron chi connectivity index (χ1n) is 2.74. The van der Waals surface area contributed by atoms with Crippen LogP contribution in [0.15, 0.2) is 0 Å². The first kappa shape index (κ1) is 23.4. The third kappa shape index (κ3) is 4540. The molecule has 1 N–H and O–H groups in total. The normalized spacial score (nSPS) is 7.71. The van der Waals surface area contributed by atoms with Crippen LogP contribution < -0.4 is 10.2 Å². The summed E-state index contributed by atoms with van der Waals surface area (Å²) in [5, 5.41) is 17.8. The molecule has 7 nitrogen and oxygen atoms in total. The van der Waals surface area contributed by atoms with Crippen molar-refractivity contribution in [3.05, 3.63) is 0 Å². The molecule has 0 atom stereocenters. The van der Waals surface area contributed by atoms with Crippen molar-refractivity contribution in [3.8, 4) is 0 Å². The Hall–Kier alpha value is -0.527. The van der Waals surface area contributed by atoms with E-state index in [4.69, 9.17) is 24.4 Å². The van der Waals surface area contributed by atoms with Gasteiger partial charge in [-0.3, -0.25) is 4.55 Å². The monoisotopic (exact) mass is 278 g/mol. The second kappa shape index (κ2) is 12.5. The molecule has 14 heavy (non-hydrogen) atoms. The Balaban J connectivity index is -0.0000000522. The molecule has 0 amide bonds. The minimum atomic E-state index is -3.67. The molecular formula is C5H10O7SZn. The maximum Gasteiger partial charge on any atom is 2.00 e. The van der Waals surface area contributed by atoms with Gasteiger partial charge in [-0.25, -0.2) is 0 Å². The van der Waals surface area contributed by atoms with E-state index < -0.39 is 22.1 Å². The summed E-state index contributed by atoms with van der Waals surface area (Å²) in [6, 6.07) is 0. The molecule has 9 heteroatoms. The average Bonchev–Trinajstić information content (AvgIpc) is 1.50. The summed E-state index contributed by atoms with van der Waals surface area (Å²) in [6.45, 7) is 1.94. The molecule has 0 saturated carbocycles. The summed E-state index contributed by atoms with van der Waals surface area (Å²) >= 11 is 0. The van der Waals surface area contributed by atoms with Crippen LogP contribution >= 0.6 is 0 Å². The van der Waals surface area contributed by atoms with Crippen molar-refractivity contribution < 1.29 is 52.3 Å². The van der Waals surface area contributed by atoms with Gasteiger partial charge in [0.25, 0.3) is 10.1 Å². The van der Waals surface area contributed by atoms with Gasteiger partial charge in [0.2, 0.25) is 0 Å². The van der Waals surface area contributed by atoms with Crippen molar-refractivity contribution in [2.45, 2.75) is 13.8 Å². The van der Waals surface area contributed by atoms with Gasteiger partial charge in [0, 0.05) is 11.9 Å². The largest absolute Gasteiger partial charge is 2.00 e. The van der Waals surface area contributed by atoms with Crippen LogP contribution in [0.5, 0.6) is 0 Å². The van der Waals surface area contributed by atoms with E-state index in [0.29, 0.717) is 6.26 Å². The second-order valence-corrected chi connectivity index (χ2v) is 3.18. The van der Waals surface area contributed by atoms with Crippen LogP contribution in [0.4, 0.5) is 0 Å². The fraction of sp³-hybridized carbons (Fsp3) is 0.600. The first-order chi connectivity index (χ1) is 5.46. The molecule has 0 aliphatic rings.